The van der Waals surface area contributed by atoms with E-state index >= 15 is 0 Å². The third-order valence-electron chi connectivity index (χ3n) is 1.81. The average molecular weight is 192 g/mol. The van der Waals surface area contributed by atoms with Gasteiger partial charge in [0.15, 0.2) is 0 Å². The van der Waals surface area contributed by atoms with E-state index in [-0.39, 0.29) is 12.5 Å². The maximum absolute atomic E-state index is 11.5. The van der Waals surface area contributed by atoms with Crippen LogP contribution in [0.4, 0.5) is 0 Å². The normalized spacial score (nSPS) is 9.50. The van der Waals surface area contributed by atoms with E-state index in [2.05, 4.69) is 5.32 Å². The van der Waals surface area contributed by atoms with Crippen LogP contribution >= 0.6 is 0 Å². The first kappa shape index (κ1) is 10.2. The lowest BCUT2D eigenvalue weighted by Gasteiger charge is -2.04. The molecular weight excluding hydrogens is 180 g/mol. The number of nitrogens with two attached hydrogens (primary N) is 1. The van der Waals surface area contributed by atoms with Crippen molar-refractivity contribution in [2.24, 2.45) is 5.73 Å². The Bertz CT molecular complexity index is 361. The van der Waals surface area contributed by atoms with Gasteiger partial charge in [-0.3, -0.25) is 9.59 Å². The van der Waals surface area contributed by atoms with E-state index in [9.17, 15) is 9.59 Å². The third kappa shape index (κ3) is 2.58. The van der Waals surface area contributed by atoms with Crippen molar-refractivity contribution in [1.29, 1.82) is 0 Å². The van der Waals surface area contributed by atoms with E-state index in [0.717, 1.165) is 5.56 Å². The van der Waals surface area contributed by atoms with Gasteiger partial charge >= 0.3 is 0 Å². The van der Waals surface area contributed by atoms with Gasteiger partial charge in [-0.15, -0.1) is 0 Å². The molecule has 0 atom stereocenters. The smallest absolute Gasteiger partial charge is 0.251 e. The van der Waals surface area contributed by atoms with E-state index < -0.39 is 5.91 Å². The summed E-state index contributed by atoms with van der Waals surface area (Å²) in [6.07, 6.45) is 0. The van der Waals surface area contributed by atoms with Crippen LogP contribution in [-0.4, -0.2) is 18.4 Å². The number of hydrogen-bond donors (Lipinski definition) is 2. The van der Waals surface area contributed by atoms with Crippen LogP contribution in [0.5, 0.6) is 0 Å². The number of carbonyl (C=O) groups is 2. The Morgan fingerprint density at radius 1 is 1.36 bits per heavy atom. The number of rotatable bonds is 3. The standard InChI is InChI=1S/C10H12N2O2/c1-7-4-2-3-5-8(7)10(14)12-6-9(11)13/h2-5H,6H2,1H3,(H2,11,13)(H,12,14). The van der Waals surface area contributed by atoms with Crippen LogP contribution in [0, 0.1) is 6.92 Å². The minimum Gasteiger partial charge on any atom is -0.368 e. The highest BCUT2D eigenvalue weighted by Crippen LogP contribution is 2.05. The van der Waals surface area contributed by atoms with Crippen molar-refractivity contribution in [2.45, 2.75) is 6.92 Å². The Balaban J connectivity index is 2.70. The highest BCUT2D eigenvalue weighted by Gasteiger charge is 2.07. The van der Waals surface area contributed by atoms with Crippen molar-refractivity contribution < 1.29 is 9.59 Å². The third-order valence-corrected chi connectivity index (χ3v) is 1.81. The van der Waals surface area contributed by atoms with Crippen LogP contribution < -0.4 is 11.1 Å². The molecule has 1 aromatic carbocycles. The molecule has 1 aromatic rings. The van der Waals surface area contributed by atoms with Crippen molar-refractivity contribution in [3.8, 4) is 0 Å². The number of benzene rings is 1. The second-order valence-corrected chi connectivity index (χ2v) is 2.96. The molecule has 4 nitrogen and oxygen atoms in total. The summed E-state index contributed by atoms with van der Waals surface area (Å²) in [6, 6.07) is 7.15. The lowest BCUT2D eigenvalue weighted by Crippen LogP contribution is -2.33. The van der Waals surface area contributed by atoms with Crippen molar-refractivity contribution in [2.75, 3.05) is 6.54 Å². The van der Waals surface area contributed by atoms with Crippen LogP contribution in [0.1, 0.15) is 15.9 Å². The number of primary amides is 1. The average Bonchev–Trinajstić information content (AvgIpc) is 2.15. The highest BCUT2D eigenvalue weighted by atomic mass is 16.2. The zero-order valence-corrected chi connectivity index (χ0v) is 7.91. The fraction of sp³-hybridized carbons (Fsp3) is 0.200. The van der Waals surface area contributed by atoms with Crippen LogP contribution in [-0.2, 0) is 4.79 Å². The van der Waals surface area contributed by atoms with Gasteiger partial charge in [-0.05, 0) is 18.6 Å². The Morgan fingerprint density at radius 2 is 2.00 bits per heavy atom. The van der Waals surface area contributed by atoms with E-state index in [1.807, 2.05) is 19.1 Å². The van der Waals surface area contributed by atoms with Gasteiger partial charge in [-0.1, -0.05) is 18.2 Å². The second kappa shape index (κ2) is 4.41. The first-order valence-corrected chi connectivity index (χ1v) is 4.23. The number of hydrogen-bond acceptors (Lipinski definition) is 2. The van der Waals surface area contributed by atoms with Gasteiger partial charge in [0.25, 0.3) is 5.91 Å². The highest BCUT2D eigenvalue weighted by molar-refractivity contribution is 5.97. The van der Waals surface area contributed by atoms with Crippen molar-refractivity contribution in [3.63, 3.8) is 0 Å². The molecule has 0 spiro atoms. The van der Waals surface area contributed by atoms with Gasteiger partial charge in [0.1, 0.15) is 0 Å². The molecule has 3 N–H and O–H groups in total. The molecule has 0 unspecified atom stereocenters. The second-order valence-electron chi connectivity index (χ2n) is 2.96. The Kier molecular flexibility index (Phi) is 3.23. The zero-order valence-electron chi connectivity index (χ0n) is 7.91. The van der Waals surface area contributed by atoms with E-state index in [0.29, 0.717) is 5.56 Å². The predicted molar refractivity (Wildman–Crippen MR) is 52.7 cm³/mol. The van der Waals surface area contributed by atoms with Crippen LogP contribution in [0.3, 0.4) is 0 Å². The molecule has 74 valence electrons. The van der Waals surface area contributed by atoms with Crippen molar-refractivity contribution in [1.82, 2.24) is 5.32 Å². The molecule has 1 rings (SSSR count). The first-order chi connectivity index (χ1) is 6.61. The summed E-state index contributed by atoms with van der Waals surface area (Å²) >= 11 is 0. The monoisotopic (exact) mass is 192 g/mol. The molecule has 2 amide bonds. The molecular formula is C10H12N2O2. The zero-order chi connectivity index (χ0) is 10.6. The van der Waals surface area contributed by atoms with Gasteiger partial charge in [-0.2, -0.15) is 0 Å². The lowest BCUT2D eigenvalue weighted by atomic mass is 10.1. The number of aryl methyl sites for hydroxylation is 1. The summed E-state index contributed by atoms with van der Waals surface area (Å²) in [6.45, 7) is 1.70. The molecule has 0 aliphatic heterocycles. The molecule has 0 aliphatic rings. The number of nitrogens with one attached hydrogen (secondary N) is 1. The Labute approximate surface area is 82.1 Å². The molecule has 0 saturated carbocycles. The molecule has 0 bridgehead atoms. The quantitative estimate of drug-likeness (QED) is 0.718. The molecule has 0 radical (unpaired) electrons. The van der Waals surface area contributed by atoms with E-state index in [1.54, 1.807) is 12.1 Å². The minimum atomic E-state index is -0.549. The topological polar surface area (TPSA) is 72.2 Å². The summed E-state index contributed by atoms with van der Waals surface area (Å²) in [4.78, 5) is 21.9. The summed E-state index contributed by atoms with van der Waals surface area (Å²) in [5.41, 5.74) is 6.34. The number of carbonyl (C=O) groups excluding carboxylic acids is 2. The van der Waals surface area contributed by atoms with Gasteiger partial charge in [0, 0.05) is 5.56 Å². The largest absolute Gasteiger partial charge is 0.368 e. The lowest BCUT2D eigenvalue weighted by molar-refractivity contribution is -0.117. The van der Waals surface area contributed by atoms with Crippen molar-refractivity contribution in [3.05, 3.63) is 35.4 Å². The Morgan fingerprint density at radius 3 is 2.57 bits per heavy atom. The van der Waals surface area contributed by atoms with Gasteiger partial charge in [0.05, 0.1) is 6.54 Å². The molecule has 0 aromatic heterocycles. The molecule has 4 heteroatoms. The van der Waals surface area contributed by atoms with Gasteiger partial charge in [-0.25, -0.2) is 0 Å². The summed E-state index contributed by atoms with van der Waals surface area (Å²) in [5.74, 6) is -0.825. The Hall–Kier alpha value is -1.84. The maximum Gasteiger partial charge on any atom is 0.251 e. The molecule has 0 saturated heterocycles. The summed E-state index contributed by atoms with van der Waals surface area (Å²) in [5, 5.41) is 2.43. The van der Waals surface area contributed by atoms with Gasteiger partial charge < -0.3 is 11.1 Å². The SMILES string of the molecule is Cc1ccccc1C(=O)NCC(N)=O. The first-order valence-electron chi connectivity index (χ1n) is 4.23. The molecule has 0 heterocycles. The predicted octanol–water partition coefficient (Wildman–Crippen LogP) is 0.210. The summed E-state index contributed by atoms with van der Waals surface area (Å²) in [7, 11) is 0. The minimum absolute atomic E-state index is 0.132. The van der Waals surface area contributed by atoms with Crippen molar-refractivity contribution >= 4 is 11.8 Å². The van der Waals surface area contributed by atoms with Crippen LogP contribution in [0.25, 0.3) is 0 Å². The fourth-order valence-electron chi connectivity index (χ4n) is 1.09. The molecule has 14 heavy (non-hydrogen) atoms. The summed E-state index contributed by atoms with van der Waals surface area (Å²) < 4.78 is 0. The van der Waals surface area contributed by atoms with Crippen LogP contribution in [0.15, 0.2) is 24.3 Å². The maximum atomic E-state index is 11.5. The number of amides is 2. The van der Waals surface area contributed by atoms with Gasteiger partial charge in [0.2, 0.25) is 5.91 Å². The molecule has 0 fully saturated rings. The van der Waals surface area contributed by atoms with E-state index in [1.165, 1.54) is 0 Å². The van der Waals surface area contributed by atoms with Crippen LogP contribution in [0.2, 0.25) is 0 Å². The fourth-order valence-corrected chi connectivity index (χ4v) is 1.09. The molecule has 0 aliphatic carbocycles. The van der Waals surface area contributed by atoms with E-state index in [4.69, 9.17) is 5.73 Å².